The molecule has 0 aromatic carbocycles. The summed E-state index contributed by atoms with van der Waals surface area (Å²) < 4.78 is 0. The number of hydrogen-bond donors (Lipinski definition) is 3. The third kappa shape index (κ3) is 6.31. The molecule has 1 aliphatic heterocycles. The van der Waals surface area contributed by atoms with Crippen molar-refractivity contribution >= 4 is 27.5 Å². The fraction of sp³-hybridized carbons (Fsp3) is 0.917. The summed E-state index contributed by atoms with van der Waals surface area (Å²) in [5.74, 6) is 1.17. The van der Waals surface area contributed by atoms with Crippen LogP contribution in [0.2, 0.25) is 0 Å². The first-order chi connectivity index (χ1) is 8.63. The Kier molecular flexibility index (Phi) is 8.13. The molecule has 3 N–H and O–H groups in total. The second-order valence-corrected chi connectivity index (χ2v) is 7.46. The predicted molar refractivity (Wildman–Crippen MR) is 77.6 cm³/mol. The summed E-state index contributed by atoms with van der Waals surface area (Å²) in [4.78, 5) is 11.6. The van der Waals surface area contributed by atoms with Gasteiger partial charge >= 0.3 is 0 Å². The second-order valence-electron chi connectivity index (χ2n) is 4.67. The van der Waals surface area contributed by atoms with E-state index in [1.54, 1.807) is 6.92 Å². The maximum atomic E-state index is 11.6. The van der Waals surface area contributed by atoms with Crippen LogP contribution in [0.1, 0.15) is 39.0 Å². The van der Waals surface area contributed by atoms with Gasteiger partial charge in [0.1, 0.15) is 0 Å². The van der Waals surface area contributed by atoms with Gasteiger partial charge < -0.3 is 15.5 Å². The maximum absolute atomic E-state index is 11.6. The number of amides is 1. The Morgan fingerprint density at radius 1 is 1.50 bits per heavy atom. The molecule has 1 amide bonds. The van der Waals surface area contributed by atoms with Crippen LogP contribution in [0.3, 0.4) is 0 Å². The van der Waals surface area contributed by atoms with Gasteiger partial charge in [0.15, 0.2) is 0 Å². The van der Waals surface area contributed by atoms with Crippen molar-refractivity contribution in [2.75, 3.05) is 12.4 Å². The van der Waals surface area contributed by atoms with E-state index in [1.807, 2.05) is 21.6 Å². The maximum Gasteiger partial charge on any atom is 0.220 e. The lowest BCUT2D eigenvalue weighted by molar-refractivity contribution is -0.123. The van der Waals surface area contributed by atoms with E-state index in [4.69, 9.17) is 5.11 Å². The molecule has 18 heavy (non-hydrogen) atoms. The third-order valence-corrected chi connectivity index (χ3v) is 6.04. The summed E-state index contributed by atoms with van der Waals surface area (Å²) in [6, 6.07) is -0.542. The Balaban J connectivity index is 2.05. The minimum atomic E-state index is -0.717. The quantitative estimate of drug-likeness (QED) is 0.468. The zero-order valence-corrected chi connectivity index (χ0v) is 12.4. The van der Waals surface area contributed by atoms with Crippen molar-refractivity contribution < 1.29 is 15.0 Å². The van der Waals surface area contributed by atoms with E-state index in [2.05, 4.69) is 5.32 Å². The lowest BCUT2D eigenvalue weighted by Gasteiger charge is -2.18. The lowest BCUT2D eigenvalue weighted by Crippen LogP contribution is -2.44. The first kappa shape index (κ1) is 16.1. The van der Waals surface area contributed by atoms with Gasteiger partial charge in [-0.1, -0.05) is 28.0 Å². The molecule has 1 aliphatic rings. The van der Waals surface area contributed by atoms with Gasteiger partial charge in [-0.2, -0.15) is 0 Å². The molecule has 6 heteroatoms. The van der Waals surface area contributed by atoms with Gasteiger partial charge in [-0.05, 0) is 26.2 Å². The molecule has 0 saturated carbocycles. The number of carbonyl (C=O) groups is 1. The Morgan fingerprint density at radius 2 is 2.28 bits per heavy atom. The number of carbonyl (C=O) groups excluding carboxylic acids is 1. The molecule has 0 aromatic rings. The predicted octanol–water partition coefficient (Wildman–Crippen LogP) is 1.56. The van der Waals surface area contributed by atoms with E-state index in [0.29, 0.717) is 6.42 Å². The van der Waals surface area contributed by atoms with Crippen LogP contribution in [-0.4, -0.2) is 45.9 Å². The first-order valence-corrected chi connectivity index (χ1v) is 8.88. The Morgan fingerprint density at radius 3 is 2.83 bits per heavy atom. The smallest absolute Gasteiger partial charge is 0.220 e. The van der Waals surface area contributed by atoms with E-state index >= 15 is 0 Å². The summed E-state index contributed by atoms with van der Waals surface area (Å²) in [7, 11) is 3.91. The minimum Gasteiger partial charge on any atom is -0.394 e. The summed E-state index contributed by atoms with van der Waals surface area (Å²) in [5, 5.41) is 21.7. The lowest BCUT2D eigenvalue weighted by atomic mass is 10.1. The van der Waals surface area contributed by atoms with Crippen molar-refractivity contribution in [2.24, 2.45) is 0 Å². The topological polar surface area (TPSA) is 69.6 Å². The molecule has 0 bridgehead atoms. The van der Waals surface area contributed by atoms with Crippen LogP contribution in [0.25, 0.3) is 0 Å². The summed E-state index contributed by atoms with van der Waals surface area (Å²) in [6.45, 7) is 1.34. The average Bonchev–Trinajstić information content (AvgIpc) is 2.84. The molecule has 106 valence electrons. The van der Waals surface area contributed by atoms with Gasteiger partial charge in [0.2, 0.25) is 5.91 Å². The van der Waals surface area contributed by atoms with Gasteiger partial charge in [-0.25, -0.2) is 0 Å². The molecule has 0 radical (unpaired) electrons. The van der Waals surface area contributed by atoms with Gasteiger partial charge in [0.25, 0.3) is 0 Å². The highest BCUT2D eigenvalue weighted by atomic mass is 33.1. The highest BCUT2D eigenvalue weighted by Gasteiger charge is 2.17. The van der Waals surface area contributed by atoms with Gasteiger partial charge in [0, 0.05) is 17.4 Å². The van der Waals surface area contributed by atoms with Gasteiger partial charge in [0.05, 0.1) is 18.8 Å². The van der Waals surface area contributed by atoms with Crippen LogP contribution in [0.5, 0.6) is 0 Å². The highest BCUT2D eigenvalue weighted by Crippen LogP contribution is 2.39. The van der Waals surface area contributed by atoms with E-state index in [-0.39, 0.29) is 12.5 Å². The van der Waals surface area contributed by atoms with Crippen molar-refractivity contribution in [1.82, 2.24) is 5.32 Å². The van der Waals surface area contributed by atoms with Crippen molar-refractivity contribution in [3.63, 3.8) is 0 Å². The van der Waals surface area contributed by atoms with E-state index < -0.39 is 12.1 Å². The van der Waals surface area contributed by atoms with Crippen LogP contribution in [0.15, 0.2) is 0 Å². The van der Waals surface area contributed by atoms with E-state index in [1.165, 1.54) is 18.6 Å². The first-order valence-electron chi connectivity index (χ1n) is 6.50. The average molecular weight is 293 g/mol. The number of hydrogen-bond acceptors (Lipinski definition) is 5. The van der Waals surface area contributed by atoms with E-state index in [0.717, 1.165) is 18.1 Å². The molecule has 1 rings (SSSR count). The molecule has 3 atom stereocenters. The molecule has 0 spiro atoms. The molecule has 1 fully saturated rings. The largest absolute Gasteiger partial charge is 0.394 e. The molecular formula is C12H23NO3S2. The SMILES string of the molecule is C[C@@H](O)[C@@H](CO)NC(=O)CCCCC1CCSS1. The van der Waals surface area contributed by atoms with Crippen molar-refractivity contribution in [1.29, 1.82) is 0 Å². The standard InChI is InChI=1S/C12H23NO3S2/c1-9(15)11(8-14)13-12(16)5-3-2-4-10-6-7-17-18-10/h9-11,14-15H,2-8H2,1H3,(H,13,16)/t9-,10?,11-/m1/s1. The second kappa shape index (κ2) is 9.07. The summed E-state index contributed by atoms with van der Waals surface area (Å²) >= 11 is 0. The minimum absolute atomic E-state index is 0.0802. The number of aliphatic hydroxyl groups is 2. The highest BCUT2D eigenvalue weighted by molar-refractivity contribution is 8.77. The molecule has 1 saturated heterocycles. The third-order valence-electron chi connectivity index (χ3n) is 3.03. The molecule has 1 unspecified atom stereocenters. The zero-order valence-electron chi connectivity index (χ0n) is 10.8. The fourth-order valence-corrected chi connectivity index (χ4v) is 4.85. The molecule has 1 heterocycles. The van der Waals surface area contributed by atoms with Crippen molar-refractivity contribution in [2.45, 2.75) is 56.4 Å². The molecule has 4 nitrogen and oxygen atoms in total. The van der Waals surface area contributed by atoms with Crippen LogP contribution >= 0.6 is 21.6 Å². The van der Waals surface area contributed by atoms with Gasteiger partial charge in [-0.15, -0.1) is 0 Å². The van der Waals surface area contributed by atoms with Crippen molar-refractivity contribution in [3.8, 4) is 0 Å². The molecular weight excluding hydrogens is 270 g/mol. The molecule has 0 aromatic heterocycles. The van der Waals surface area contributed by atoms with Crippen LogP contribution < -0.4 is 5.32 Å². The number of nitrogens with one attached hydrogen (secondary N) is 1. The fourth-order valence-electron chi connectivity index (χ4n) is 1.82. The normalized spacial score (nSPS) is 22.7. The summed E-state index contributed by atoms with van der Waals surface area (Å²) in [5.41, 5.74) is 0. The Bertz CT molecular complexity index is 245. The number of aliphatic hydroxyl groups excluding tert-OH is 2. The Hall–Kier alpha value is 0.0900. The number of unbranched alkanes of at least 4 members (excludes halogenated alkanes) is 1. The summed E-state index contributed by atoms with van der Waals surface area (Å²) in [6.07, 6.45) is 4.19. The van der Waals surface area contributed by atoms with Crippen molar-refractivity contribution in [3.05, 3.63) is 0 Å². The monoisotopic (exact) mass is 293 g/mol. The van der Waals surface area contributed by atoms with Crippen LogP contribution in [0.4, 0.5) is 0 Å². The molecule has 0 aliphatic carbocycles. The number of rotatable bonds is 8. The van der Waals surface area contributed by atoms with E-state index in [9.17, 15) is 9.90 Å². The van der Waals surface area contributed by atoms with Gasteiger partial charge in [-0.3, -0.25) is 4.79 Å². The zero-order chi connectivity index (χ0) is 13.4. The van der Waals surface area contributed by atoms with Crippen LogP contribution in [0, 0.1) is 0 Å². The Labute approximate surface area is 117 Å². The van der Waals surface area contributed by atoms with Crippen LogP contribution in [-0.2, 0) is 4.79 Å².